The van der Waals surface area contributed by atoms with Gasteiger partial charge in [-0.2, -0.15) is 0 Å². The molecule has 7 heteroatoms. The Hall–Kier alpha value is -2.18. The van der Waals surface area contributed by atoms with Crippen molar-refractivity contribution in [2.75, 3.05) is 24.5 Å². The number of hydrogen-bond acceptors (Lipinski definition) is 6. The standard InChI is InChI=1S/C15H21N5O2/c1-2-6-17-14(21)12-9-15(22-19-12)5-3-8-20(10-15)13-4-7-16-11-18-13/h4,7,11H,2-3,5-6,8-10H2,1H3,(H,17,21)/t15-/m0/s1. The summed E-state index contributed by atoms with van der Waals surface area (Å²) in [5.74, 6) is 0.777. The first-order valence-electron chi connectivity index (χ1n) is 7.77. The molecule has 0 saturated carbocycles. The molecule has 1 saturated heterocycles. The lowest BCUT2D eigenvalue weighted by molar-refractivity contribution is -0.114. The molecule has 22 heavy (non-hydrogen) atoms. The molecule has 7 nitrogen and oxygen atoms in total. The van der Waals surface area contributed by atoms with Gasteiger partial charge in [0, 0.05) is 25.7 Å². The molecule has 1 N–H and O–H groups in total. The van der Waals surface area contributed by atoms with Crippen LogP contribution in [0.1, 0.15) is 32.6 Å². The minimum atomic E-state index is -0.401. The molecule has 0 bridgehead atoms. The number of amides is 1. The summed E-state index contributed by atoms with van der Waals surface area (Å²) in [5, 5.41) is 6.89. The van der Waals surface area contributed by atoms with E-state index in [1.807, 2.05) is 13.0 Å². The first-order valence-corrected chi connectivity index (χ1v) is 7.77. The van der Waals surface area contributed by atoms with Crippen molar-refractivity contribution in [3.05, 3.63) is 18.6 Å². The van der Waals surface area contributed by atoms with Crippen molar-refractivity contribution in [3.8, 4) is 0 Å². The van der Waals surface area contributed by atoms with E-state index in [9.17, 15) is 4.79 Å². The maximum atomic E-state index is 12.0. The second-order valence-electron chi connectivity index (χ2n) is 5.84. The lowest BCUT2D eigenvalue weighted by Crippen LogP contribution is -2.49. The van der Waals surface area contributed by atoms with Crippen LogP contribution in [0.5, 0.6) is 0 Å². The molecule has 0 radical (unpaired) electrons. The molecule has 0 aromatic carbocycles. The number of nitrogens with one attached hydrogen (secondary N) is 1. The Morgan fingerprint density at radius 3 is 3.23 bits per heavy atom. The van der Waals surface area contributed by atoms with Gasteiger partial charge in [0.15, 0.2) is 5.60 Å². The van der Waals surface area contributed by atoms with E-state index < -0.39 is 5.60 Å². The second-order valence-corrected chi connectivity index (χ2v) is 5.84. The van der Waals surface area contributed by atoms with E-state index >= 15 is 0 Å². The van der Waals surface area contributed by atoms with E-state index in [0.29, 0.717) is 25.2 Å². The van der Waals surface area contributed by atoms with Crippen LogP contribution in [0, 0.1) is 0 Å². The van der Waals surface area contributed by atoms with E-state index in [1.165, 1.54) is 0 Å². The van der Waals surface area contributed by atoms with Gasteiger partial charge in [-0.25, -0.2) is 9.97 Å². The Bertz CT molecular complexity index is 562. The normalized spacial score (nSPS) is 24.0. The molecule has 1 amide bonds. The third-order valence-corrected chi connectivity index (χ3v) is 4.07. The second kappa shape index (κ2) is 6.29. The van der Waals surface area contributed by atoms with Gasteiger partial charge < -0.3 is 15.1 Å². The van der Waals surface area contributed by atoms with Gasteiger partial charge in [-0.3, -0.25) is 4.79 Å². The van der Waals surface area contributed by atoms with Crippen LogP contribution in [-0.4, -0.2) is 46.8 Å². The maximum Gasteiger partial charge on any atom is 0.269 e. The Morgan fingerprint density at radius 1 is 1.55 bits per heavy atom. The summed E-state index contributed by atoms with van der Waals surface area (Å²) in [5.41, 5.74) is 0.0974. The van der Waals surface area contributed by atoms with Gasteiger partial charge in [0.2, 0.25) is 0 Å². The van der Waals surface area contributed by atoms with Crippen LogP contribution < -0.4 is 10.2 Å². The summed E-state index contributed by atoms with van der Waals surface area (Å²) in [4.78, 5) is 28.1. The lowest BCUT2D eigenvalue weighted by atomic mass is 9.88. The zero-order chi connectivity index (χ0) is 15.4. The SMILES string of the molecule is CCCNC(=O)C1=NO[C@@]2(CCCN(c3ccncn3)C2)C1. The number of anilines is 1. The molecule has 1 fully saturated rings. The number of nitrogens with zero attached hydrogens (tertiary/aromatic N) is 4. The van der Waals surface area contributed by atoms with Crippen molar-refractivity contribution >= 4 is 17.4 Å². The summed E-state index contributed by atoms with van der Waals surface area (Å²) >= 11 is 0. The number of hydrogen-bond donors (Lipinski definition) is 1. The van der Waals surface area contributed by atoms with Crippen LogP contribution >= 0.6 is 0 Å². The van der Waals surface area contributed by atoms with Gasteiger partial charge >= 0.3 is 0 Å². The Balaban J connectivity index is 1.64. The van der Waals surface area contributed by atoms with E-state index in [1.54, 1.807) is 12.5 Å². The molecule has 0 unspecified atom stereocenters. The molecule has 2 aliphatic heterocycles. The number of carbonyl (C=O) groups excluding carboxylic acids is 1. The van der Waals surface area contributed by atoms with Crippen molar-refractivity contribution in [1.82, 2.24) is 15.3 Å². The van der Waals surface area contributed by atoms with Crippen LogP contribution in [0.3, 0.4) is 0 Å². The zero-order valence-electron chi connectivity index (χ0n) is 12.8. The fourth-order valence-electron chi connectivity index (χ4n) is 2.97. The monoisotopic (exact) mass is 303 g/mol. The Kier molecular flexibility index (Phi) is 4.22. The summed E-state index contributed by atoms with van der Waals surface area (Å²) in [6, 6.07) is 1.89. The molecule has 118 valence electrons. The quantitative estimate of drug-likeness (QED) is 0.901. The van der Waals surface area contributed by atoms with Gasteiger partial charge in [-0.1, -0.05) is 12.1 Å². The number of carbonyl (C=O) groups is 1. The first kappa shape index (κ1) is 14.7. The number of oxime groups is 1. The van der Waals surface area contributed by atoms with Gasteiger partial charge in [-0.05, 0) is 25.3 Å². The zero-order valence-corrected chi connectivity index (χ0v) is 12.8. The number of rotatable bonds is 4. The summed E-state index contributed by atoms with van der Waals surface area (Å²) < 4.78 is 0. The van der Waals surface area contributed by atoms with E-state index in [-0.39, 0.29) is 5.91 Å². The molecule has 3 rings (SSSR count). The highest BCUT2D eigenvalue weighted by atomic mass is 16.7. The van der Waals surface area contributed by atoms with Gasteiger partial charge in [0.1, 0.15) is 17.9 Å². The predicted molar refractivity (Wildman–Crippen MR) is 82.6 cm³/mol. The third kappa shape index (κ3) is 3.03. The molecule has 2 aliphatic rings. The van der Waals surface area contributed by atoms with Crippen LogP contribution in [-0.2, 0) is 9.63 Å². The Morgan fingerprint density at radius 2 is 2.45 bits per heavy atom. The molecular formula is C15H21N5O2. The molecule has 1 aromatic rings. The van der Waals surface area contributed by atoms with Crippen LogP contribution in [0.2, 0.25) is 0 Å². The minimum absolute atomic E-state index is 0.113. The Labute approximate surface area is 129 Å². The maximum absolute atomic E-state index is 12.0. The largest absolute Gasteiger partial charge is 0.386 e. The first-order chi connectivity index (χ1) is 10.7. The fourth-order valence-corrected chi connectivity index (χ4v) is 2.97. The molecular weight excluding hydrogens is 282 g/mol. The number of piperidine rings is 1. The highest BCUT2D eigenvalue weighted by Gasteiger charge is 2.44. The van der Waals surface area contributed by atoms with Gasteiger partial charge in [0.05, 0.1) is 6.54 Å². The van der Waals surface area contributed by atoms with Crippen molar-refractivity contribution in [1.29, 1.82) is 0 Å². The average Bonchev–Trinajstić information content (AvgIpc) is 2.97. The summed E-state index contributed by atoms with van der Waals surface area (Å²) in [6.07, 6.45) is 6.65. The van der Waals surface area contributed by atoms with Crippen molar-refractivity contribution in [2.24, 2.45) is 5.16 Å². The molecule has 1 spiro atoms. The van der Waals surface area contributed by atoms with Gasteiger partial charge in [-0.15, -0.1) is 0 Å². The van der Waals surface area contributed by atoms with Crippen LogP contribution in [0.25, 0.3) is 0 Å². The van der Waals surface area contributed by atoms with Crippen molar-refractivity contribution in [3.63, 3.8) is 0 Å². The van der Waals surface area contributed by atoms with Crippen molar-refractivity contribution in [2.45, 2.75) is 38.2 Å². The average molecular weight is 303 g/mol. The number of aromatic nitrogens is 2. The molecule has 3 heterocycles. The van der Waals surface area contributed by atoms with Gasteiger partial charge in [0.25, 0.3) is 5.91 Å². The summed E-state index contributed by atoms with van der Waals surface area (Å²) in [7, 11) is 0. The molecule has 1 aromatic heterocycles. The highest BCUT2D eigenvalue weighted by molar-refractivity contribution is 6.39. The predicted octanol–water partition coefficient (Wildman–Crippen LogP) is 1.12. The molecule has 1 atom stereocenters. The lowest BCUT2D eigenvalue weighted by Gasteiger charge is -2.38. The van der Waals surface area contributed by atoms with Crippen molar-refractivity contribution < 1.29 is 9.63 Å². The minimum Gasteiger partial charge on any atom is -0.386 e. The van der Waals surface area contributed by atoms with E-state index in [4.69, 9.17) is 4.84 Å². The van der Waals surface area contributed by atoms with E-state index in [2.05, 4.69) is 25.3 Å². The molecule has 0 aliphatic carbocycles. The van der Waals surface area contributed by atoms with Crippen LogP contribution in [0.15, 0.2) is 23.7 Å². The van der Waals surface area contributed by atoms with Crippen LogP contribution in [0.4, 0.5) is 5.82 Å². The highest BCUT2D eigenvalue weighted by Crippen LogP contribution is 2.34. The van der Waals surface area contributed by atoms with E-state index in [0.717, 1.165) is 31.6 Å². The topological polar surface area (TPSA) is 79.7 Å². The summed E-state index contributed by atoms with van der Waals surface area (Å²) in [6.45, 7) is 4.31. The fraction of sp³-hybridized carbons (Fsp3) is 0.600. The third-order valence-electron chi connectivity index (χ3n) is 4.07. The smallest absolute Gasteiger partial charge is 0.269 e.